The van der Waals surface area contributed by atoms with Gasteiger partial charge in [0.05, 0.1) is 31.5 Å². The van der Waals surface area contributed by atoms with Gasteiger partial charge in [0, 0.05) is 0 Å². The number of nitrogens with one attached hydrogen (secondary N) is 1. The van der Waals surface area contributed by atoms with Crippen molar-refractivity contribution >= 4 is 5.78 Å². The summed E-state index contributed by atoms with van der Waals surface area (Å²) in [6.45, 7) is 8.76. The summed E-state index contributed by atoms with van der Waals surface area (Å²) in [5, 5.41) is 0. The Balaban J connectivity index is 2.45. The van der Waals surface area contributed by atoms with Crippen LogP contribution in [0.5, 0.6) is 0 Å². The van der Waals surface area contributed by atoms with E-state index < -0.39 is 0 Å². The molecule has 0 amide bonds. The molecule has 0 bridgehead atoms. The molecule has 1 rings (SSSR count). The summed E-state index contributed by atoms with van der Waals surface area (Å²) in [6, 6.07) is 0. The third-order valence-electron chi connectivity index (χ3n) is 2.47. The van der Waals surface area contributed by atoms with Crippen molar-refractivity contribution in [3.8, 4) is 0 Å². The molecule has 2 nitrogen and oxygen atoms in total. The largest absolute Gasteiger partial charge is 0.330 e. The van der Waals surface area contributed by atoms with Crippen molar-refractivity contribution in [1.82, 2.24) is 0 Å². The number of hydrogen-bond donors (Lipinski definition) is 1. The second-order valence-electron chi connectivity index (χ2n) is 4.39. The Morgan fingerprint density at radius 2 is 1.64 bits per heavy atom. The van der Waals surface area contributed by atoms with Gasteiger partial charge >= 0.3 is 0 Å². The number of carbonyl (C=O) groups excluding carboxylic acids is 1. The molecule has 64 valence electrons. The second kappa shape index (κ2) is 2.94. The van der Waals surface area contributed by atoms with E-state index in [1.807, 2.05) is 0 Å². The van der Waals surface area contributed by atoms with Gasteiger partial charge in [0.1, 0.15) is 5.78 Å². The summed E-state index contributed by atoms with van der Waals surface area (Å²) in [7, 11) is 0. The molecule has 1 N–H and O–H groups in total. The summed E-state index contributed by atoms with van der Waals surface area (Å²) in [5.74, 6) is 0.443. The minimum Gasteiger partial charge on any atom is -0.330 e. The van der Waals surface area contributed by atoms with Crippen molar-refractivity contribution in [1.29, 1.82) is 0 Å². The van der Waals surface area contributed by atoms with E-state index in [1.165, 1.54) is 0 Å². The lowest BCUT2D eigenvalue weighted by molar-refractivity contribution is -0.947. The van der Waals surface area contributed by atoms with Gasteiger partial charge in [0.2, 0.25) is 0 Å². The highest BCUT2D eigenvalue weighted by atomic mass is 16.1. The van der Waals surface area contributed by atoms with Crippen LogP contribution in [-0.4, -0.2) is 24.4 Å². The number of hydrogen-bond acceptors (Lipinski definition) is 1. The zero-order chi connectivity index (χ0) is 8.48. The van der Waals surface area contributed by atoms with Crippen LogP contribution in [0.25, 0.3) is 0 Å². The molecule has 0 unspecified atom stereocenters. The Hall–Kier alpha value is -0.370. The monoisotopic (exact) mass is 156 g/mol. The lowest BCUT2D eigenvalue weighted by atomic mass is 10.0. The van der Waals surface area contributed by atoms with Gasteiger partial charge in [0.25, 0.3) is 0 Å². The van der Waals surface area contributed by atoms with Crippen LogP contribution in [0.3, 0.4) is 0 Å². The molecular weight excluding hydrogens is 138 g/mol. The molecule has 0 aromatic rings. The molecule has 1 aliphatic rings. The first-order valence-electron chi connectivity index (χ1n) is 4.37. The maximum absolute atomic E-state index is 10.9. The lowest BCUT2D eigenvalue weighted by Crippen LogP contribution is -3.19. The van der Waals surface area contributed by atoms with Crippen LogP contribution in [-0.2, 0) is 4.79 Å². The van der Waals surface area contributed by atoms with Gasteiger partial charge in [-0.2, -0.15) is 0 Å². The highest BCUT2D eigenvalue weighted by Gasteiger charge is 2.29. The van der Waals surface area contributed by atoms with Gasteiger partial charge in [-0.3, -0.25) is 4.79 Å². The van der Waals surface area contributed by atoms with Gasteiger partial charge in [-0.25, -0.2) is 0 Å². The quantitative estimate of drug-likeness (QED) is 0.525. The van der Waals surface area contributed by atoms with E-state index in [0.29, 0.717) is 11.3 Å². The SMILES string of the molecule is CC(C)(C)[NH+]1CCC(=O)CC1. The van der Waals surface area contributed by atoms with Crippen molar-refractivity contribution in [2.45, 2.75) is 39.2 Å². The first kappa shape index (κ1) is 8.72. The summed E-state index contributed by atoms with van der Waals surface area (Å²) >= 11 is 0. The van der Waals surface area contributed by atoms with Gasteiger partial charge in [-0.05, 0) is 20.8 Å². The first-order chi connectivity index (χ1) is 5.00. The summed E-state index contributed by atoms with van der Waals surface area (Å²) in [5.41, 5.74) is 0.320. The molecule has 1 fully saturated rings. The zero-order valence-electron chi connectivity index (χ0n) is 7.74. The average Bonchev–Trinajstić information content (AvgIpc) is 1.86. The van der Waals surface area contributed by atoms with E-state index >= 15 is 0 Å². The molecule has 11 heavy (non-hydrogen) atoms. The van der Waals surface area contributed by atoms with E-state index in [0.717, 1.165) is 25.9 Å². The fourth-order valence-corrected chi connectivity index (χ4v) is 1.58. The molecule has 0 atom stereocenters. The van der Waals surface area contributed by atoms with Gasteiger partial charge < -0.3 is 4.90 Å². The smallest absolute Gasteiger partial charge is 0.144 e. The zero-order valence-corrected chi connectivity index (χ0v) is 7.74. The Morgan fingerprint density at radius 1 is 1.18 bits per heavy atom. The molecule has 0 spiro atoms. The van der Waals surface area contributed by atoms with Crippen LogP contribution >= 0.6 is 0 Å². The fourth-order valence-electron chi connectivity index (χ4n) is 1.58. The van der Waals surface area contributed by atoms with Crippen LogP contribution < -0.4 is 4.90 Å². The molecule has 1 aliphatic heterocycles. The maximum Gasteiger partial charge on any atom is 0.144 e. The molecule has 1 heterocycles. The number of piperidine rings is 1. The van der Waals surface area contributed by atoms with Gasteiger partial charge in [0.15, 0.2) is 0 Å². The molecule has 0 radical (unpaired) electrons. The predicted molar refractivity (Wildman–Crippen MR) is 44.7 cm³/mol. The fraction of sp³-hybridized carbons (Fsp3) is 0.889. The van der Waals surface area contributed by atoms with Crippen molar-refractivity contribution < 1.29 is 9.69 Å². The number of carbonyl (C=O) groups is 1. The van der Waals surface area contributed by atoms with Crippen molar-refractivity contribution in [2.24, 2.45) is 0 Å². The van der Waals surface area contributed by atoms with E-state index in [-0.39, 0.29) is 0 Å². The van der Waals surface area contributed by atoms with Gasteiger partial charge in [-0.1, -0.05) is 0 Å². The normalized spacial score (nSPS) is 22.3. The maximum atomic E-state index is 10.9. The average molecular weight is 156 g/mol. The number of quaternary nitrogens is 1. The Kier molecular flexibility index (Phi) is 2.33. The van der Waals surface area contributed by atoms with Crippen LogP contribution in [0.4, 0.5) is 0 Å². The number of ketones is 1. The third-order valence-corrected chi connectivity index (χ3v) is 2.47. The van der Waals surface area contributed by atoms with E-state index in [9.17, 15) is 4.79 Å². The summed E-state index contributed by atoms with van der Waals surface area (Å²) < 4.78 is 0. The van der Waals surface area contributed by atoms with E-state index in [1.54, 1.807) is 4.90 Å². The van der Waals surface area contributed by atoms with Gasteiger partial charge in [-0.15, -0.1) is 0 Å². The molecule has 0 aliphatic carbocycles. The van der Waals surface area contributed by atoms with Crippen molar-refractivity contribution in [2.75, 3.05) is 13.1 Å². The minimum atomic E-state index is 0.320. The van der Waals surface area contributed by atoms with Crippen molar-refractivity contribution in [3.63, 3.8) is 0 Å². The summed E-state index contributed by atoms with van der Waals surface area (Å²) in [6.07, 6.45) is 1.57. The number of Topliss-reactive ketones (excluding diaryl/α,β-unsaturated/α-hetero) is 1. The predicted octanol–water partition coefficient (Wildman–Crippen LogP) is 0.0327. The molecule has 0 aromatic heterocycles. The highest BCUT2D eigenvalue weighted by molar-refractivity contribution is 5.78. The molecule has 2 heteroatoms. The molecule has 0 saturated carbocycles. The first-order valence-corrected chi connectivity index (χ1v) is 4.37. The van der Waals surface area contributed by atoms with Crippen LogP contribution in [0.2, 0.25) is 0 Å². The standard InChI is InChI=1S/C9H17NO/c1-9(2,3)10-6-4-8(11)5-7-10/h4-7H2,1-3H3/p+1. The Morgan fingerprint density at radius 3 is 2.00 bits per heavy atom. The minimum absolute atomic E-state index is 0.320. The van der Waals surface area contributed by atoms with E-state index in [2.05, 4.69) is 20.8 Å². The highest BCUT2D eigenvalue weighted by Crippen LogP contribution is 1.98. The molecule has 1 saturated heterocycles. The molecule has 0 aromatic carbocycles. The van der Waals surface area contributed by atoms with Crippen LogP contribution in [0.1, 0.15) is 33.6 Å². The third kappa shape index (κ3) is 2.29. The second-order valence-corrected chi connectivity index (χ2v) is 4.39. The van der Waals surface area contributed by atoms with Crippen molar-refractivity contribution in [3.05, 3.63) is 0 Å². The van der Waals surface area contributed by atoms with Crippen LogP contribution in [0.15, 0.2) is 0 Å². The topological polar surface area (TPSA) is 21.5 Å². The Bertz CT molecular complexity index is 147. The van der Waals surface area contributed by atoms with E-state index in [4.69, 9.17) is 0 Å². The number of likely N-dealkylation sites (tertiary alicyclic amines) is 1. The summed E-state index contributed by atoms with van der Waals surface area (Å²) in [4.78, 5) is 12.5. The number of rotatable bonds is 0. The Labute approximate surface area is 68.6 Å². The van der Waals surface area contributed by atoms with Crippen LogP contribution in [0, 0.1) is 0 Å². The lowest BCUT2D eigenvalue weighted by Gasteiger charge is -2.34. The molecular formula is C9H18NO+.